The standard InChI is InChI=1S/C26H26N2O6/c1-25(2,3)34-21(29)12-9-15-7-6-8-19-22(15)23(30)28-26(4,27-19)18-14-16-13-17(32-5)10-11-20(16)33-24(18)31/h6-14,27H,1-5H3,(H,28,30)/b12-9+. The van der Waals surface area contributed by atoms with Crippen molar-refractivity contribution in [2.45, 2.75) is 39.0 Å². The summed E-state index contributed by atoms with van der Waals surface area (Å²) in [4.78, 5) is 38.1. The number of esters is 1. The molecule has 0 radical (unpaired) electrons. The van der Waals surface area contributed by atoms with E-state index >= 15 is 0 Å². The second-order valence-corrected chi connectivity index (χ2v) is 9.19. The molecule has 2 N–H and O–H groups in total. The Morgan fingerprint density at radius 3 is 2.56 bits per heavy atom. The first kappa shape index (κ1) is 23.1. The molecular formula is C26H26N2O6. The zero-order valence-corrected chi connectivity index (χ0v) is 19.6. The second-order valence-electron chi connectivity index (χ2n) is 9.19. The van der Waals surface area contributed by atoms with Crippen LogP contribution < -0.4 is 21.0 Å². The summed E-state index contributed by atoms with van der Waals surface area (Å²) in [5.41, 5.74) is -0.367. The predicted octanol–water partition coefficient (Wildman–Crippen LogP) is 4.18. The third-order valence-corrected chi connectivity index (χ3v) is 5.36. The highest BCUT2D eigenvalue weighted by Gasteiger charge is 2.38. The lowest BCUT2D eigenvalue weighted by Gasteiger charge is -2.37. The normalized spacial score (nSPS) is 17.7. The molecule has 1 amide bonds. The van der Waals surface area contributed by atoms with Crippen molar-refractivity contribution >= 4 is 34.6 Å². The van der Waals surface area contributed by atoms with Gasteiger partial charge in [-0.1, -0.05) is 12.1 Å². The molecule has 1 aromatic heterocycles. The highest BCUT2D eigenvalue weighted by molar-refractivity contribution is 6.06. The minimum atomic E-state index is -1.23. The minimum Gasteiger partial charge on any atom is -0.497 e. The van der Waals surface area contributed by atoms with Crippen LogP contribution in [-0.4, -0.2) is 24.6 Å². The van der Waals surface area contributed by atoms with Gasteiger partial charge in [0.2, 0.25) is 0 Å². The number of methoxy groups -OCH3 is 1. The lowest BCUT2D eigenvalue weighted by atomic mass is 9.94. The summed E-state index contributed by atoms with van der Waals surface area (Å²) in [6, 6.07) is 12.0. The fourth-order valence-corrected chi connectivity index (χ4v) is 3.86. The molecule has 0 saturated heterocycles. The van der Waals surface area contributed by atoms with E-state index in [1.54, 1.807) is 77.3 Å². The molecule has 2 aromatic carbocycles. The number of hydrogen-bond acceptors (Lipinski definition) is 7. The van der Waals surface area contributed by atoms with Crippen molar-refractivity contribution < 1.29 is 23.5 Å². The van der Waals surface area contributed by atoms with Gasteiger partial charge in [-0.05, 0) is 69.7 Å². The summed E-state index contributed by atoms with van der Waals surface area (Å²) >= 11 is 0. The minimum absolute atomic E-state index is 0.238. The Morgan fingerprint density at radius 1 is 1.09 bits per heavy atom. The smallest absolute Gasteiger partial charge is 0.343 e. The van der Waals surface area contributed by atoms with Crippen molar-refractivity contribution in [3.8, 4) is 5.75 Å². The van der Waals surface area contributed by atoms with E-state index in [0.717, 1.165) is 0 Å². The summed E-state index contributed by atoms with van der Waals surface area (Å²) in [6.07, 6.45) is 2.82. The van der Waals surface area contributed by atoms with Gasteiger partial charge in [0.15, 0.2) is 0 Å². The van der Waals surface area contributed by atoms with Crippen LogP contribution in [0.4, 0.5) is 5.69 Å². The van der Waals surface area contributed by atoms with Crippen molar-refractivity contribution in [3.05, 3.63) is 75.7 Å². The summed E-state index contributed by atoms with van der Waals surface area (Å²) in [7, 11) is 1.55. The Bertz CT molecular complexity index is 1380. The maximum atomic E-state index is 13.2. The van der Waals surface area contributed by atoms with E-state index in [0.29, 0.717) is 33.5 Å². The third kappa shape index (κ3) is 4.52. The number of anilines is 1. The molecule has 0 aliphatic carbocycles. The van der Waals surface area contributed by atoms with Crippen molar-refractivity contribution in [1.29, 1.82) is 0 Å². The summed E-state index contributed by atoms with van der Waals surface area (Å²) in [5.74, 6) is -0.293. The zero-order valence-electron chi connectivity index (χ0n) is 19.6. The number of carbonyl (C=O) groups excluding carboxylic acids is 2. The summed E-state index contributed by atoms with van der Waals surface area (Å²) in [6.45, 7) is 7.03. The highest BCUT2D eigenvalue weighted by atomic mass is 16.6. The molecule has 4 rings (SSSR count). The Morgan fingerprint density at radius 2 is 1.85 bits per heavy atom. The first-order chi connectivity index (χ1) is 16.0. The van der Waals surface area contributed by atoms with Gasteiger partial charge >= 0.3 is 11.6 Å². The van der Waals surface area contributed by atoms with Gasteiger partial charge in [-0.2, -0.15) is 0 Å². The average molecular weight is 463 g/mol. The van der Waals surface area contributed by atoms with Gasteiger partial charge in [0.25, 0.3) is 5.91 Å². The Hall–Kier alpha value is -4.07. The summed E-state index contributed by atoms with van der Waals surface area (Å²) in [5, 5.41) is 6.78. The first-order valence-electron chi connectivity index (χ1n) is 10.8. The number of carbonyl (C=O) groups is 2. The van der Waals surface area contributed by atoms with Gasteiger partial charge in [0.1, 0.15) is 22.6 Å². The van der Waals surface area contributed by atoms with Gasteiger partial charge in [-0.3, -0.25) is 4.79 Å². The molecular weight excluding hydrogens is 436 g/mol. The second kappa shape index (κ2) is 8.37. The third-order valence-electron chi connectivity index (χ3n) is 5.36. The van der Waals surface area contributed by atoms with Crippen LogP contribution in [-0.2, 0) is 15.2 Å². The predicted molar refractivity (Wildman–Crippen MR) is 129 cm³/mol. The maximum absolute atomic E-state index is 13.2. The van der Waals surface area contributed by atoms with E-state index in [1.807, 2.05) is 0 Å². The fraction of sp³-hybridized carbons (Fsp3) is 0.269. The lowest BCUT2D eigenvalue weighted by Crippen LogP contribution is -2.55. The quantitative estimate of drug-likeness (QED) is 0.340. The number of nitrogens with one attached hydrogen (secondary N) is 2. The van der Waals surface area contributed by atoms with E-state index in [-0.39, 0.29) is 5.56 Å². The van der Waals surface area contributed by atoms with Gasteiger partial charge in [0, 0.05) is 17.1 Å². The fourth-order valence-electron chi connectivity index (χ4n) is 3.86. The van der Waals surface area contributed by atoms with Crippen LogP contribution >= 0.6 is 0 Å². The molecule has 1 aliphatic heterocycles. The lowest BCUT2D eigenvalue weighted by molar-refractivity contribution is -0.148. The Balaban J connectivity index is 1.71. The molecule has 34 heavy (non-hydrogen) atoms. The molecule has 8 nitrogen and oxygen atoms in total. The van der Waals surface area contributed by atoms with Crippen LogP contribution in [0.5, 0.6) is 5.75 Å². The van der Waals surface area contributed by atoms with Crippen molar-refractivity contribution in [1.82, 2.24) is 5.32 Å². The number of ether oxygens (including phenoxy) is 2. The Labute approximate surface area is 196 Å². The average Bonchev–Trinajstić information content (AvgIpc) is 2.75. The van der Waals surface area contributed by atoms with E-state index in [2.05, 4.69) is 10.6 Å². The monoisotopic (exact) mass is 462 g/mol. The molecule has 1 unspecified atom stereocenters. The number of benzene rings is 2. The molecule has 0 fully saturated rings. The highest BCUT2D eigenvalue weighted by Crippen LogP contribution is 2.33. The molecule has 3 aromatic rings. The molecule has 1 aliphatic rings. The first-order valence-corrected chi connectivity index (χ1v) is 10.8. The van der Waals surface area contributed by atoms with Crippen LogP contribution in [0.15, 0.2) is 57.8 Å². The number of rotatable bonds is 4. The number of fused-ring (bicyclic) bond motifs is 2. The van der Waals surface area contributed by atoms with Crippen LogP contribution in [0.25, 0.3) is 17.0 Å². The van der Waals surface area contributed by atoms with Gasteiger partial charge < -0.3 is 24.5 Å². The number of hydrogen-bond donors (Lipinski definition) is 2. The van der Waals surface area contributed by atoms with E-state index in [1.165, 1.54) is 12.2 Å². The largest absolute Gasteiger partial charge is 0.497 e. The zero-order chi connectivity index (χ0) is 24.7. The molecule has 2 heterocycles. The van der Waals surface area contributed by atoms with E-state index in [9.17, 15) is 14.4 Å². The summed E-state index contributed by atoms with van der Waals surface area (Å²) < 4.78 is 16.0. The molecule has 8 heteroatoms. The van der Waals surface area contributed by atoms with Crippen LogP contribution in [0.2, 0.25) is 0 Å². The topological polar surface area (TPSA) is 107 Å². The van der Waals surface area contributed by atoms with Gasteiger partial charge in [0.05, 0.1) is 18.2 Å². The molecule has 176 valence electrons. The maximum Gasteiger partial charge on any atom is 0.343 e. The van der Waals surface area contributed by atoms with Crippen molar-refractivity contribution in [3.63, 3.8) is 0 Å². The molecule has 0 bridgehead atoms. The van der Waals surface area contributed by atoms with Crippen molar-refractivity contribution in [2.24, 2.45) is 0 Å². The van der Waals surface area contributed by atoms with E-state index < -0.39 is 28.8 Å². The van der Waals surface area contributed by atoms with Gasteiger partial charge in [-0.25, -0.2) is 9.59 Å². The van der Waals surface area contributed by atoms with E-state index in [4.69, 9.17) is 13.9 Å². The SMILES string of the molecule is COc1ccc2oc(=O)c(C3(C)NC(=O)c4c(/C=C/C(=O)OC(C)(C)C)cccc4N3)cc2c1. The molecule has 0 spiro atoms. The Kier molecular flexibility index (Phi) is 5.69. The van der Waals surface area contributed by atoms with Crippen LogP contribution in [0, 0.1) is 0 Å². The van der Waals surface area contributed by atoms with Crippen molar-refractivity contribution in [2.75, 3.05) is 12.4 Å². The van der Waals surface area contributed by atoms with Crippen LogP contribution in [0.1, 0.15) is 49.2 Å². The van der Waals surface area contributed by atoms with Crippen LogP contribution in [0.3, 0.4) is 0 Å². The van der Waals surface area contributed by atoms with Gasteiger partial charge in [-0.15, -0.1) is 0 Å². The molecule has 0 saturated carbocycles. The number of amides is 1. The molecule has 1 atom stereocenters.